The van der Waals surface area contributed by atoms with E-state index in [1.165, 1.54) is 4.90 Å². The summed E-state index contributed by atoms with van der Waals surface area (Å²) < 4.78 is 26.9. The molecule has 0 heterocycles. The van der Waals surface area contributed by atoms with Crippen LogP contribution < -0.4 is 9.62 Å². The number of anilines is 1. The van der Waals surface area contributed by atoms with E-state index >= 15 is 0 Å². The summed E-state index contributed by atoms with van der Waals surface area (Å²) in [5.41, 5.74) is 1.69. The minimum absolute atomic E-state index is 0.0620. The van der Waals surface area contributed by atoms with Crippen molar-refractivity contribution in [1.29, 1.82) is 0 Å². The molecule has 2 amide bonds. The molecular weight excluding hydrogens is 462 g/mol. The zero-order valence-electron chi connectivity index (χ0n) is 21.9. The fourth-order valence-electron chi connectivity index (χ4n) is 3.95. The first-order chi connectivity index (χ1) is 16.2. The van der Waals surface area contributed by atoms with Gasteiger partial charge in [-0.1, -0.05) is 69.3 Å². The van der Waals surface area contributed by atoms with Gasteiger partial charge in [0.25, 0.3) is 0 Å². The first kappa shape index (κ1) is 28.4. The fourth-order valence-corrected chi connectivity index (χ4v) is 4.82. The molecule has 0 fully saturated rings. The third-order valence-electron chi connectivity index (χ3n) is 5.59. The molecular formula is C27H39N3O4S. The molecule has 0 saturated heterocycles. The Balaban J connectivity index is 2.50. The average molecular weight is 502 g/mol. The number of amides is 2. The van der Waals surface area contributed by atoms with Crippen molar-refractivity contribution in [3.05, 3.63) is 65.7 Å². The molecule has 1 atom stereocenters. The third-order valence-corrected chi connectivity index (χ3v) is 6.71. The second-order valence-electron chi connectivity index (χ2n) is 10.2. The van der Waals surface area contributed by atoms with Gasteiger partial charge < -0.3 is 10.2 Å². The van der Waals surface area contributed by atoms with Crippen molar-refractivity contribution in [2.75, 3.05) is 17.1 Å². The van der Waals surface area contributed by atoms with E-state index in [1.54, 1.807) is 12.1 Å². The molecule has 1 N–H and O–H groups in total. The summed E-state index contributed by atoms with van der Waals surface area (Å²) >= 11 is 0. The molecule has 0 aliphatic heterocycles. The Bertz CT molecular complexity index is 1110. The van der Waals surface area contributed by atoms with Gasteiger partial charge in [-0.2, -0.15) is 0 Å². The molecule has 0 unspecified atom stereocenters. The van der Waals surface area contributed by atoms with Crippen LogP contribution in [0.4, 0.5) is 5.69 Å². The van der Waals surface area contributed by atoms with Gasteiger partial charge in [0.15, 0.2) is 0 Å². The average Bonchev–Trinajstić information content (AvgIpc) is 2.75. The zero-order valence-corrected chi connectivity index (χ0v) is 22.7. The summed E-state index contributed by atoms with van der Waals surface area (Å²) in [5.74, 6) is -0.640. The Labute approximate surface area is 210 Å². The van der Waals surface area contributed by atoms with Crippen LogP contribution in [0.3, 0.4) is 0 Å². The molecule has 2 aromatic rings. The normalized spacial score (nSPS) is 12.8. The van der Waals surface area contributed by atoms with Gasteiger partial charge in [-0.15, -0.1) is 0 Å². The molecule has 8 heteroatoms. The lowest BCUT2D eigenvalue weighted by molar-refractivity contribution is -0.141. The quantitative estimate of drug-likeness (QED) is 0.526. The number of carbonyl (C=O) groups is 2. The number of nitrogens with zero attached hydrogens (tertiary/aromatic N) is 2. The molecule has 0 bridgehead atoms. The predicted molar refractivity (Wildman–Crippen MR) is 142 cm³/mol. The van der Waals surface area contributed by atoms with E-state index < -0.39 is 34.1 Å². The highest BCUT2D eigenvalue weighted by molar-refractivity contribution is 7.92. The predicted octanol–water partition coefficient (Wildman–Crippen LogP) is 4.30. The number of benzene rings is 2. The van der Waals surface area contributed by atoms with Crippen LogP contribution in [-0.4, -0.2) is 49.5 Å². The van der Waals surface area contributed by atoms with E-state index in [0.717, 1.165) is 21.7 Å². The van der Waals surface area contributed by atoms with Gasteiger partial charge >= 0.3 is 0 Å². The molecule has 0 spiro atoms. The Morgan fingerprint density at radius 3 is 2.06 bits per heavy atom. The van der Waals surface area contributed by atoms with Crippen molar-refractivity contribution in [3.8, 4) is 0 Å². The maximum Gasteiger partial charge on any atom is 0.244 e. The summed E-state index contributed by atoms with van der Waals surface area (Å²) in [6.07, 6.45) is 1.49. The van der Waals surface area contributed by atoms with Crippen LogP contribution in [-0.2, 0) is 26.2 Å². The number of carbonyl (C=O) groups excluding carboxylic acids is 2. The smallest absolute Gasteiger partial charge is 0.244 e. The van der Waals surface area contributed by atoms with Gasteiger partial charge in [0.2, 0.25) is 21.8 Å². The molecule has 2 aromatic carbocycles. The highest BCUT2D eigenvalue weighted by Crippen LogP contribution is 2.29. The van der Waals surface area contributed by atoms with Crippen LogP contribution >= 0.6 is 0 Å². The lowest BCUT2D eigenvalue weighted by Crippen LogP contribution is -2.55. The number of nitrogens with one attached hydrogen (secondary N) is 1. The number of rotatable bonds is 10. The van der Waals surface area contributed by atoms with Crippen LogP contribution in [0, 0.1) is 0 Å². The van der Waals surface area contributed by atoms with Gasteiger partial charge in [0.05, 0.1) is 11.9 Å². The van der Waals surface area contributed by atoms with E-state index in [2.05, 4.69) is 5.32 Å². The molecule has 7 nitrogen and oxygen atoms in total. The molecule has 0 aliphatic carbocycles. The van der Waals surface area contributed by atoms with Crippen molar-refractivity contribution in [3.63, 3.8) is 0 Å². The molecule has 0 radical (unpaired) electrons. The summed E-state index contributed by atoms with van der Waals surface area (Å²) in [6.45, 7) is 11.3. The second-order valence-corrected chi connectivity index (χ2v) is 12.1. The van der Waals surface area contributed by atoms with Crippen LogP contribution in [0.25, 0.3) is 0 Å². The van der Waals surface area contributed by atoms with Crippen LogP contribution in [0.5, 0.6) is 0 Å². The standard InChI is InChI=1S/C27H39N3O4S/c1-8-23(26(32)28-27(4,5)6)29(18-21-14-10-9-11-15-21)25(31)19-30(35(7,33)34)24-17-13-12-16-22(24)20(2)3/h9-17,20,23H,8,18-19H2,1-7H3,(H,28,32)/t23-/m0/s1. The maximum atomic E-state index is 13.8. The first-order valence-corrected chi connectivity index (χ1v) is 13.8. The SMILES string of the molecule is CC[C@@H](C(=O)NC(C)(C)C)N(Cc1ccccc1)C(=O)CN(c1ccccc1C(C)C)S(C)(=O)=O. The van der Waals surface area contributed by atoms with Crippen LogP contribution in [0.1, 0.15) is 65.0 Å². The second kappa shape index (κ2) is 11.7. The van der Waals surface area contributed by atoms with Gasteiger partial charge in [0.1, 0.15) is 12.6 Å². The minimum Gasteiger partial charge on any atom is -0.350 e. The van der Waals surface area contributed by atoms with Gasteiger partial charge in [-0.05, 0) is 50.3 Å². The van der Waals surface area contributed by atoms with Crippen molar-refractivity contribution >= 4 is 27.5 Å². The van der Waals surface area contributed by atoms with E-state index in [0.29, 0.717) is 12.1 Å². The van der Waals surface area contributed by atoms with Crippen molar-refractivity contribution < 1.29 is 18.0 Å². The van der Waals surface area contributed by atoms with Crippen LogP contribution in [0.2, 0.25) is 0 Å². The summed E-state index contributed by atoms with van der Waals surface area (Å²) in [4.78, 5) is 28.4. The Morgan fingerprint density at radius 2 is 1.54 bits per heavy atom. The monoisotopic (exact) mass is 501 g/mol. The Morgan fingerprint density at radius 1 is 0.971 bits per heavy atom. The first-order valence-electron chi connectivity index (χ1n) is 12.0. The molecule has 192 valence electrons. The zero-order chi connectivity index (χ0) is 26.4. The number of para-hydroxylation sites is 1. The van der Waals surface area contributed by atoms with Crippen molar-refractivity contribution in [2.24, 2.45) is 0 Å². The molecule has 35 heavy (non-hydrogen) atoms. The van der Waals surface area contributed by atoms with E-state index in [1.807, 2.05) is 84.0 Å². The lowest BCUT2D eigenvalue weighted by Gasteiger charge is -2.35. The van der Waals surface area contributed by atoms with E-state index in [9.17, 15) is 18.0 Å². The largest absolute Gasteiger partial charge is 0.350 e. The van der Waals surface area contributed by atoms with E-state index in [4.69, 9.17) is 0 Å². The molecule has 0 aromatic heterocycles. The highest BCUT2D eigenvalue weighted by Gasteiger charge is 2.33. The third kappa shape index (κ3) is 8.09. The maximum absolute atomic E-state index is 13.8. The number of hydrogen-bond acceptors (Lipinski definition) is 4. The Hall–Kier alpha value is -2.87. The highest BCUT2D eigenvalue weighted by atomic mass is 32.2. The van der Waals surface area contributed by atoms with Gasteiger partial charge in [0, 0.05) is 12.1 Å². The summed E-state index contributed by atoms with van der Waals surface area (Å²) in [7, 11) is -3.77. The van der Waals surface area contributed by atoms with Crippen molar-refractivity contribution in [1.82, 2.24) is 10.2 Å². The van der Waals surface area contributed by atoms with E-state index in [-0.39, 0.29) is 18.4 Å². The van der Waals surface area contributed by atoms with Gasteiger partial charge in [-0.25, -0.2) is 8.42 Å². The lowest BCUT2D eigenvalue weighted by atomic mass is 10.0. The van der Waals surface area contributed by atoms with Gasteiger partial charge in [-0.3, -0.25) is 13.9 Å². The molecule has 2 rings (SSSR count). The molecule has 0 aliphatic rings. The molecule has 0 saturated carbocycles. The Kier molecular flexibility index (Phi) is 9.49. The van der Waals surface area contributed by atoms with Crippen LogP contribution in [0.15, 0.2) is 54.6 Å². The fraction of sp³-hybridized carbons (Fsp3) is 0.481. The summed E-state index contributed by atoms with van der Waals surface area (Å²) in [6, 6.07) is 15.9. The number of sulfonamides is 1. The minimum atomic E-state index is -3.77. The topological polar surface area (TPSA) is 86.8 Å². The number of hydrogen-bond donors (Lipinski definition) is 1. The summed E-state index contributed by atoms with van der Waals surface area (Å²) in [5, 5.41) is 2.97. The van der Waals surface area contributed by atoms with Crippen molar-refractivity contribution in [2.45, 2.75) is 72.0 Å².